The predicted octanol–water partition coefficient (Wildman–Crippen LogP) is 1.43. The van der Waals surface area contributed by atoms with Gasteiger partial charge in [-0.3, -0.25) is 4.79 Å². The maximum atomic E-state index is 10.1. The Morgan fingerprint density at radius 3 is 2.70 bits per heavy atom. The van der Waals surface area contributed by atoms with Gasteiger partial charge >= 0.3 is 0 Å². The highest BCUT2D eigenvalue weighted by Crippen LogP contribution is 1.95. The van der Waals surface area contributed by atoms with Gasteiger partial charge in [0.05, 0.1) is 0 Å². The minimum Gasteiger partial charge on any atom is -0.348 e. The molecule has 10 heavy (non-hydrogen) atoms. The number of unbranched alkanes of at least 4 members (excludes halogenated alkanes) is 2. The van der Waals surface area contributed by atoms with Crippen LogP contribution in [0.5, 0.6) is 0 Å². The highest BCUT2D eigenvalue weighted by Gasteiger charge is 1.90. The lowest BCUT2D eigenvalue weighted by atomic mass is 10.2. The van der Waals surface area contributed by atoms with Gasteiger partial charge in [0.2, 0.25) is 6.41 Å². The fourth-order valence-electron chi connectivity index (χ4n) is 0.703. The summed E-state index contributed by atoms with van der Waals surface area (Å²) in [5.74, 6) is 0. The third kappa shape index (κ3) is 5.35. The first-order valence-electron chi connectivity index (χ1n) is 3.57. The van der Waals surface area contributed by atoms with E-state index in [9.17, 15) is 4.79 Å². The summed E-state index contributed by atoms with van der Waals surface area (Å²) in [5.41, 5.74) is 0. The van der Waals surface area contributed by atoms with Crippen LogP contribution in [0.2, 0.25) is 0 Å². The zero-order chi connectivity index (χ0) is 7.82. The highest BCUT2D eigenvalue weighted by molar-refractivity contribution is 5.46. The van der Waals surface area contributed by atoms with Crippen LogP contribution in [0.3, 0.4) is 0 Å². The Balaban J connectivity index is 3.02. The van der Waals surface area contributed by atoms with Crippen molar-refractivity contribution in [3.05, 3.63) is 12.7 Å². The molecule has 2 heteroatoms. The first kappa shape index (κ1) is 9.21. The van der Waals surface area contributed by atoms with E-state index < -0.39 is 0 Å². The Labute approximate surface area is 62.5 Å². The number of nitrogens with zero attached hydrogens (tertiary/aromatic N) is 1. The number of rotatable bonds is 6. The Morgan fingerprint density at radius 2 is 2.20 bits per heavy atom. The summed E-state index contributed by atoms with van der Waals surface area (Å²) in [5, 5.41) is 0. The van der Waals surface area contributed by atoms with Crippen LogP contribution in [0.15, 0.2) is 12.7 Å². The van der Waals surface area contributed by atoms with Crippen molar-refractivity contribution in [2.24, 2.45) is 0 Å². The molecule has 0 fully saturated rings. The maximum absolute atomic E-state index is 10.1. The fourth-order valence-corrected chi connectivity index (χ4v) is 0.703. The minimum absolute atomic E-state index is 0.855. The quantitative estimate of drug-likeness (QED) is 0.311. The van der Waals surface area contributed by atoms with E-state index in [1.807, 2.05) is 6.08 Å². The summed E-state index contributed by atoms with van der Waals surface area (Å²) in [6.45, 7) is 4.47. The molecule has 0 unspecified atom stereocenters. The number of hydrogen-bond acceptors (Lipinski definition) is 1. The van der Waals surface area contributed by atoms with Gasteiger partial charge in [-0.25, -0.2) is 0 Å². The van der Waals surface area contributed by atoms with Crippen LogP contribution in [0.25, 0.3) is 0 Å². The van der Waals surface area contributed by atoms with Crippen LogP contribution in [-0.2, 0) is 4.79 Å². The van der Waals surface area contributed by atoms with Crippen molar-refractivity contribution in [2.75, 3.05) is 13.6 Å². The van der Waals surface area contributed by atoms with E-state index in [0.717, 1.165) is 32.2 Å². The molecule has 0 aromatic carbocycles. The van der Waals surface area contributed by atoms with Gasteiger partial charge in [-0.15, -0.1) is 6.58 Å². The molecule has 0 bridgehead atoms. The molecule has 0 aliphatic carbocycles. The normalized spacial score (nSPS) is 8.90. The van der Waals surface area contributed by atoms with E-state index in [1.165, 1.54) is 0 Å². The van der Waals surface area contributed by atoms with E-state index in [-0.39, 0.29) is 0 Å². The van der Waals surface area contributed by atoms with Crippen LogP contribution < -0.4 is 0 Å². The van der Waals surface area contributed by atoms with Gasteiger partial charge in [0.25, 0.3) is 0 Å². The maximum Gasteiger partial charge on any atom is 0.209 e. The summed E-state index contributed by atoms with van der Waals surface area (Å²) >= 11 is 0. The predicted molar refractivity (Wildman–Crippen MR) is 42.7 cm³/mol. The summed E-state index contributed by atoms with van der Waals surface area (Å²) in [4.78, 5) is 11.7. The molecule has 0 aliphatic rings. The monoisotopic (exact) mass is 141 g/mol. The van der Waals surface area contributed by atoms with Crippen LogP contribution in [0, 0.1) is 0 Å². The zero-order valence-electron chi connectivity index (χ0n) is 6.55. The molecule has 1 amide bonds. The lowest BCUT2D eigenvalue weighted by Gasteiger charge is -2.08. The topological polar surface area (TPSA) is 20.3 Å². The van der Waals surface area contributed by atoms with Crippen molar-refractivity contribution in [1.29, 1.82) is 0 Å². The number of allylic oxidation sites excluding steroid dienone is 1. The Hall–Kier alpha value is -0.790. The van der Waals surface area contributed by atoms with E-state index >= 15 is 0 Å². The number of carbonyl (C=O) groups is 1. The summed E-state index contributed by atoms with van der Waals surface area (Å²) < 4.78 is 0. The molecular weight excluding hydrogens is 126 g/mol. The molecular formula is C8H15NO. The van der Waals surface area contributed by atoms with Crippen molar-refractivity contribution in [3.63, 3.8) is 0 Å². The third-order valence-electron chi connectivity index (χ3n) is 1.35. The van der Waals surface area contributed by atoms with Gasteiger partial charge in [0.1, 0.15) is 0 Å². The second-order valence-corrected chi connectivity index (χ2v) is 2.37. The van der Waals surface area contributed by atoms with Crippen molar-refractivity contribution in [2.45, 2.75) is 19.3 Å². The molecule has 0 aromatic rings. The largest absolute Gasteiger partial charge is 0.348 e. The Morgan fingerprint density at radius 1 is 1.50 bits per heavy atom. The van der Waals surface area contributed by atoms with Crippen LogP contribution >= 0.6 is 0 Å². The van der Waals surface area contributed by atoms with E-state index in [0.29, 0.717) is 0 Å². The molecule has 0 atom stereocenters. The molecule has 0 saturated heterocycles. The lowest BCUT2D eigenvalue weighted by molar-refractivity contribution is -0.117. The lowest BCUT2D eigenvalue weighted by Crippen LogP contribution is -2.16. The summed E-state index contributed by atoms with van der Waals surface area (Å²) in [6, 6.07) is 0. The Bertz CT molecular complexity index is 101. The van der Waals surface area contributed by atoms with E-state index in [1.54, 1.807) is 11.9 Å². The highest BCUT2D eigenvalue weighted by atomic mass is 16.1. The zero-order valence-corrected chi connectivity index (χ0v) is 6.55. The average molecular weight is 141 g/mol. The second-order valence-electron chi connectivity index (χ2n) is 2.37. The van der Waals surface area contributed by atoms with Gasteiger partial charge in [-0.05, 0) is 19.3 Å². The number of carbonyl (C=O) groups excluding carboxylic acids is 1. The molecule has 2 nitrogen and oxygen atoms in total. The molecule has 0 N–H and O–H groups in total. The number of hydrogen-bond donors (Lipinski definition) is 0. The SMILES string of the molecule is C=CCCCCN(C)C=O. The second kappa shape index (κ2) is 6.33. The Kier molecular flexibility index (Phi) is 5.83. The van der Waals surface area contributed by atoms with Gasteiger partial charge in [0.15, 0.2) is 0 Å². The van der Waals surface area contributed by atoms with Crippen LogP contribution in [0.4, 0.5) is 0 Å². The smallest absolute Gasteiger partial charge is 0.209 e. The summed E-state index contributed by atoms with van der Waals surface area (Å²) in [7, 11) is 1.79. The molecule has 0 aromatic heterocycles. The van der Waals surface area contributed by atoms with Crippen molar-refractivity contribution in [3.8, 4) is 0 Å². The van der Waals surface area contributed by atoms with Gasteiger partial charge < -0.3 is 4.90 Å². The van der Waals surface area contributed by atoms with Crippen molar-refractivity contribution < 1.29 is 4.79 Å². The minimum atomic E-state index is 0.855. The first-order chi connectivity index (χ1) is 4.81. The standard InChI is InChI=1S/C8H15NO/c1-3-4-5-6-7-9(2)8-10/h3,8H,1,4-7H2,2H3. The van der Waals surface area contributed by atoms with Crippen molar-refractivity contribution in [1.82, 2.24) is 4.90 Å². The van der Waals surface area contributed by atoms with E-state index in [4.69, 9.17) is 0 Å². The average Bonchev–Trinajstić information content (AvgIpc) is 1.98. The molecule has 0 spiro atoms. The fraction of sp³-hybridized carbons (Fsp3) is 0.625. The molecule has 0 rings (SSSR count). The van der Waals surface area contributed by atoms with Crippen LogP contribution in [-0.4, -0.2) is 24.9 Å². The van der Waals surface area contributed by atoms with E-state index in [2.05, 4.69) is 6.58 Å². The van der Waals surface area contributed by atoms with Gasteiger partial charge in [-0.1, -0.05) is 6.08 Å². The molecule has 0 heterocycles. The molecule has 58 valence electrons. The van der Waals surface area contributed by atoms with Crippen LogP contribution in [0.1, 0.15) is 19.3 Å². The van der Waals surface area contributed by atoms with Gasteiger partial charge in [-0.2, -0.15) is 0 Å². The van der Waals surface area contributed by atoms with Crippen molar-refractivity contribution >= 4 is 6.41 Å². The number of amides is 1. The summed E-state index contributed by atoms with van der Waals surface area (Å²) in [6.07, 6.45) is 6.00. The first-order valence-corrected chi connectivity index (χ1v) is 3.57. The molecule has 0 aliphatic heterocycles. The third-order valence-corrected chi connectivity index (χ3v) is 1.35. The van der Waals surface area contributed by atoms with Gasteiger partial charge in [0, 0.05) is 13.6 Å². The molecule has 0 radical (unpaired) electrons. The molecule has 0 saturated carbocycles.